The molecule has 0 unspecified atom stereocenters. The van der Waals surface area contributed by atoms with Gasteiger partial charge >= 0.3 is 12.1 Å². The summed E-state index contributed by atoms with van der Waals surface area (Å²) in [4.78, 5) is 24.4. The average Bonchev–Trinajstić information content (AvgIpc) is 3.22. The number of carbonyl (C=O) groups excluding carboxylic acids is 1. The first kappa shape index (κ1) is 24.9. The van der Waals surface area contributed by atoms with E-state index in [1.165, 1.54) is 21.3 Å². The number of ether oxygens (including phenoxy) is 4. The Kier molecular flexibility index (Phi) is 7.63. The molecule has 36 heavy (non-hydrogen) atoms. The Balaban J connectivity index is 1.39. The molecule has 0 bridgehead atoms. The van der Waals surface area contributed by atoms with Gasteiger partial charge in [-0.1, -0.05) is 48.5 Å². The molecule has 1 aliphatic rings. The van der Waals surface area contributed by atoms with Crippen LogP contribution in [0.2, 0.25) is 0 Å². The molecule has 0 aromatic heterocycles. The normalized spacial score (nSPS) is 12.8. The molecule has 188 valence electrons. The largest absolute Gasteiger partial charge is 0.493 e. The van der Waals surface area contributed by atoms with E-state index in [1.54, 1.807) is 12.1 Å². The summed E-state index contributed by atoms with van der Waals surface area (Å²) in [6.07, 6.45) is -0.511. The van der Waals surface area contributed by atoms with Crippen LogP contribution in [0.25, 0.3) is 11.1 Å². The molecular weight excluding hydrogens is 462 g/mol. The summed E-state index contributed by atoms with van der Waals surface area (Å²) in [6.45, 7) is 0.0626. The standard InChI is InChI=1S/C28H29NO7/c1-33-24-13-17(14-25(34-2)26(24)35-3)12-18(27(30)31)15-29-28(32)36-16-23-21-10-6-4-8-19(21)20-9-5-7-11-22(20)23/h4-11,13-14,18,23H,12,15-16H2,1-3H3,(H,29,32)(H,30,31)/t18-/m0/s1. The molecule has 0 saturated heterocycles. The molecule has 1 amide bonds. The molecule has 4 rings (SSSR count). The van der Waals surface area contributed by atoms with Gasteiger partial charge in [0.15, 0.2) is 11.5 Å². The third-order valence-electron chi connectivity index (χ3n) is 6.39. The predicted octanol–water partition coefficient (Wildman–Crippen LogP) is 4.49. The van der Waals surface area contributed by atoms with Crippen LogP contribution in [0.3, 0.4) is 0 Å². The molecule has 1 atom stereocenters. The third kappa shape index (κ3) is 5.07. The van der Waals surface area contributed by atoms with E-state index < -0.39 is 18.0 Å². The summed E-state index contributed by atoms with van der Waals surface area (Å²) in [7, 11) is 4.49. The average molecular weight is 492 g/mol. The molecular formula is C28H29NO7. The van der Waals surface area contributed by atoms with Crippen molar-refractivity contribution >= 4 is 12.1 Å². The van der Waals surface area contributed by atoms with E-state index in [1.807, 2.05) is 36.4 Å². The number of carboxylic acid groups (broad SMARTS) is 1. The van der Waals surface area contributed by atoms with E-state index >= 15 is 0 Å². The van der Waals surface area contributed by atoms with E-state index in [4.69, 9.17) is 18.9 Å². The number of benzene rings is 3. The maximum Gasteiger partial charge on any atom is 0.407 e. The van der Waals surface area contributed by atoms with Crippen LogP contribution in [0.5, 0.6) is 17.2 Å². The first-order valence-electron chi connectivity index (χ1n) is 11.6. The minimum absolute atomic E-state index is 0.0716. The van der Waals surface area contributed by atoms with E-state index in [0.717, 1.165) is 22.3 Å². The lowest BCUT2D eigenvalue weighted by atomic mass is 9.98. The molecule has 0 heterocycles. The van der Waals surface area contributed by atoms with Crippen molar-refractivity contribution in [1.82, 2.24) is 5.32 Å². The van der Waals surface area contributed by atoms with Gasteiger partial charge in [0.25, 0.3) is 0 Å². The zero-order chi connectivity index (χ0) is 25.7. The Labute approximate surface area is 209 Å². The molecule has 0 aliphatic heterocycles. The highest BCUT2D eigenvalue weighted by atomic mass is 16.5. The molecule has 0 spiro atoms. The molecule has 2 N–H and O–H groups in total. The van der Waals surface area contributed by atoms with Crippen molar-refractivity contribution in [2.75, 3.05) is 34.5 Å². The minimum atomic E-state index is -1.04. The van der Waals surface area contributed by atoms with Gasteiger partial charge < -0.3 is 29.4 Å². The Morgan fingerprint density at radius 2 is 1.44 bits per heavy atom. The number of fused-ring (bicyclic) bond motifs is 3. The number of rotatable bonds is 10. The fraction of sp³-hybridized carbons (Fsp3) is 0.286. The number of alkyl carbamates (subject to hydrolysis) is 1. The summed E-state index contributed by atoms with van der Waals surface area (Å²) in [5.74, 6) is -0.706. The zero-order valence-corrected chi connectivity index (χ0v) is 20.4. The number of aliphatic carboxylic acids is 1. The van der Waals surface area contributed by atoms with Crippen molar-refractivity contribution in [1.29, 1.82) is 0 Å². The van der Waals surface area contributed by atoms with Gasteiger partial charge in [0.2, 0.25) is 5.75 Å². The van der Waals surface area contributed by atoms with Crippen molar-refractivity contribution < 1.29 is 33.6 Å². The van der Waals surface area contributed by atoms with Crippen molar-refractivity contribution in [3.8, 4) is 28.4 Å². The fourth-order valence-electron chi connectivity index (χ4n) is 4.64. The first-order valence-corrected chi connectivity index (χ1v) is 11.6. The summed E-state index contributed by atoms with van der Waals surface area (Å²) >= 11 is 0. The molecule has 3 aromatic rings. The van der Waals surface area contributed by atoms with Gasteiger partial charge in [-0.3, -0.25) is 4.79 Å². The molecule has 1 aliphatic carbocycles. The Hall–Kier alpha value is -4.20. The van der Waals surface area contributed by atoms with Gasteiger partial charge in [-0.05, 0) is 46.4 Å². The number of methoxy groups -OCH3 is 3. The topological polar surface area (TPSA) is 103 Å². The predicted molar refractivity (Wildman–Crippen MR) is 134 cm³/mol. The van der Waals surface area contributed by atoms with E-state index in [2.05, 4.69) is 17.4 Å². The van der Waals surface area contributed by atoms with Gasteiger partial charge in [0.1, 0.15) is 6.61 Å². The van der Waals surface area contributed by atoms with Crippen molar-refractivity contribution in [2.24, 2.45) is 5.92 Å². The summed E-state index contributed by atoms with van der Waals surface area (Å²) < 4.78 is 21.5. The molecule has 0 radical (unpaired) electrons. The molecule has 8 heteroatoms. The van der Waals surface area contributed by atoms with E-state index in [0.29, 0.717) is 22.8 Å². The summed E-state index contributed by atoms with van der Waals surface area (Å²) in [5.41, 5.74) is 5.16. The fourth-order valence-corrected chi connectivity index (χ4v) is 4.64. The second-order valence-corrected chi connectivity index (χ2v) is 8.48. The monoisotopic (exact) mass is 491 g/mol. The van der Waals surface area contributed by atoms with Gasteiger partial charge in [-0.2, -0.15) is 0 Å². The van der Waals surface area contributed by atoms with Crippen LogP contribution in [0.15, 0.2) is 60.7 Å². The van der Waals surface area contributed by atoms with Gasteiger partial charge in [-0.25, -0.2) is 4.79 Å². The van der Waals surface area contributed by atoms with Gasteiger partial charge in [0.05, 0.1) is 27.2 Å². The lowest BCUT2D eigenvalue weighted by molar-refractivity contribution is -0.141. The Morgan fingerprint density at radius 3 is 1.94 bits per heavy atom. The molecule has 3 aromatic carbocycles. The van der Waals surface area contributed by atoms with Crippen molar-refractivity contribution in [3.05, 3.63) is 77.4 Å². The lowest BCUT2D eigenvalue weighted by Gasteiger charge is -2.18. The lowest BCUT2D eigenvalue weighted by Crippen LogP contribution is -2.35. The van der Waals surface area contributed by atoms with Crippen LogP contribution in [0.4, 0.5) is 4.79 Å². The van der Waals surface area contributed by atoms with Crippen LogP contribution in [0.1, 0.15) is 22.6 Å². The Morgan fingerprint density at radius 1 is 0.889 bits per heavy atom. The molecule has 0 fully saturated rings. The molecule has 0 saturated carbocycles. The number of hydrogen-bond acceptors (Lipinski definition) is 6. The highest BCUT2D eigenvalue weighted by Crippen LogP contribution is 2.44. The van der Waals surface area contributed by atoms with Crippen LogP contribution in [-0.2, 0) is 16.0 Å². The second-order valence-electron chi connectivity index (χ2n) is 8.48. The zero-order valence-electron chi connectivity index (χ0n) is 20.4. The number of carbonyl (C=O) groups is 2. The van der Waals surface area contributed by atoms with Crippen LogP contribution in [0, 0.1) is 5.92 Å². The minimum Gasteiger partial charge on any atom is -0.493 e. The number of hydrogen-bond donors (Lipinski definition) is 2. The van der Waals surface area contributed by atoms with Crippen molar-refractivity contribution in [3.63, 3.8) is 0 Å². The quantitative estimate of drug-likeness (QED) is 0.431. The summed E-state index contributed by atoms with van der Waals surface area (Å²) in [5, 5.41) is 12.3. The van der Waals surface area contributed by atoms with E-state index in [9.17, 15) is 14.7 Å². The smallest absolute Gasteiger partial charge is 0.407 e. The van der Waals surface area contributed by atoms with Crippen molar-refractivity contribution in [2.45, 2.75) is 12.3 Å². The number of nitrogens with one attached hydrogen (secondary N) is 1. The number of carboxylic acids is 1. The number of amides is 1. The second kappa shape index (κ2) is 11.0. The molecule has 8 nitrogen and oxygen atoms in total. The maximum absolute atomic E-state index is 12.5. The highest BCUT2D eigenvalue weighted by molar-refractivity contribution is 5.79. The van der Waals surface area contributed by atoms with Gasteiger partial charge in [0, 0.05) is 12.5 Å². The maximum atomic E-state index is 12.5. The third-order valence-corrected chi connectivity index (χ3v) is 6.39. The highest BCUT2D eigenvalue weighted by Gasteiger charge is 2.29. The van der Waals surface area contributed by atoms with Crippen LogP contribution < -0.4 is 19.5 Å². The van der Waals surface area contributed by atoms with Crippen LogP contribution in [-0.4, -0.2) is 51.7 Å². The SMILES string of the molecule is COc1cc(C[C@@H](CNC(=O)OCC2c3ccccc3-c3ccccc32)C(=O)O)cc(OC)c1OC. The van der Waals surface area contributed by atoms with Gasteiger partial charge in [-0.15, -0.1) is 0 Å². The van der Waals surface area contributed by atoms with Crippen LogP contribution >= 0.6 is 0 Å². The Bertz CT molecular complexity index is 1190. The summed E-state index contributed by atoms with van der Waals surface area (Å²) in [6, 6.07) is 19.5. The van der Waals surface area contributed by atoms with E-state index in [-0.39, 0.29) is 25.5 Å². The first-order chi connectivity index (χ1) is 17.5.